The van der Waals surface area contributed by atoms with Crippen molar-refractivity contribution < 1.29 is 31.1 Å². The summed E-state index contributed by atoms with van der Waals surface area (Å²) in [5.41, 5.74) is 2.63. The van der Waals surface area contributed by atoms with Crippen LogP contribution in [0.2, 0.25) is 0 Å². The third-order valence-corrected chi connectivity index (χ3v) is 6.30. The highest BCUT2D eigenvalue weighted by Gasteiger charge is 2.37. The lowest BCUT2D eigenvalue weighted by atomic mass is 10.0. The molecule has 0 saturated carbocycles. The van der Waals surface area contributed by atoms with E-state index in [9.17, 15) is 31.1 Å². The van der Waals surface area contributed by atoms with Gasteiger partial charge in [-0.25, -0.2) is 0 Å². The van der Waals surface area contributed by atoms with E-state index in [2.05, 4.69) is 0 Å². The number of nitrogens with two attached hydrogens (primary N) is 1. The van der Waals surface area contributed by atoms with E-state index < -0.39 is 23.5 Å². The zero-order chi connectivity index (χ0) is 22.3. The van der Waals surface area contributed by atoms with Crippen LogP contribution in [0.5, 0.6) is 0 Å². The second kappa shape index (κ2) is 8.33. The summed E-state index contributed by atoms with van der Waals surface area (Å²) in [4.78, 5) is 14.5. The van der Waals surface area contributed by atoms with Crippen molar-refractivity contribution in [2.75, 3.05) is 13.1 Å². The molecule has 1 aromatic carbocycles. The van der Waals surface area contributed by atoms with Crippen molar-refractivity contribution in [3.05, 3.63) is 50.6 Å². The van der Waals surface area contributed by atoms with Gasteiger partial charge >= 0.3 is 12.4 Å². The first-order valence-corrected chi connectivity index (χ1v) is 10.3. The monoisotopic (exact) mass is 482 g/mol. The number of nitrogens with zero attached hydrogens (tertiary/aromatic N) is 1. The smallest absolute Gasteiger partial charge is 0.329 e. The predicted octanol–water partition coefficient (Wildman–Crippen LogP) is 5.61. The van der Waals surface area contributed by atoms with Gasteiger partial charge in [0.1, 0.15) is 4.32 Å². The molecule has 1 saturated heterocycles. The maximum absolute atomic E-state index is 13.1. The molecule has 0 bridgehead atoms. The van der Waals surface area contributed by atoms with Crippen molar-refractivity contribution in [3.63, 3.8) is 0 Å². The fourth-order valence-electron chi connectivity index (χ4n) is 2.65. The third kappa shape index (κ3) is 4.88. The van der Waals surface area contributed by atoms with Gasteiger partial charge in [0.25, 0.3) is 5.91 Å². The molecule has 1 aliphatic heterocycles. The number of thiophene rings is 1. The number of amides is 1. The van der Waals surface area contributed by atoms with Gasteiger partial charge in [0, 0.05) is 18.0 Å². The standard InChI is InChI=1S/C18H12F6N2OS3/c19-17(20,21)11-3-9(4-12(6-11)18(22,23)24)10-5-13(29-8-10)7-14-15(27)26(2-1-25)16(28)30-14/h3-8H,1-2,25H2/b14-7-. The topological polar surface area (TPSA) is 46.3 Å². The number of carbonyl (C=O) groups excluding carboxylic acids is 1. The molecule has 160 valence electrons. The maximum Gasteiger partial charge on any atom is 0.416 e. The molecule has 30 heavy (non-hydrogen) atoms. The third-order valence-electron chi connectivity index (χ3n) is 4.04. The molecule has 1 aromatic heterocycles. The van der Waals surface area contributed by atoms with Crippen LogP contribution in [0.3, 0.4) is 0 Å². The van der Waals surface area contributed by atoms with Crippen LogP contribution in [0.1, 0.15) is 16.0 Å². The molecule has 0 aliphatic carbocycles. The summed E-state index contributed by atoms with van der Waals surface area (Å²) in [7, 11) is 0. The minimum atomic E-state index is -4.92. The number of thioether (sulfide) groups is 1. The summed E-state index contributed by atoms with van der Waals surface area (Å²) < 4.78 is 78.7. The molecule has 2 N–H and O–H groups in total. The molecule has 0 radical (unpaired) electrons. The lowest BCUT2D eigenvalue weighted by Crippen LogP contribution is -2.32. The fraction of sp³-hybridized carbons (Fsp3) is 0.222. The van der Waals surface area contributed by atoms with Crippen molar-refractivity contribution in [2.24, 2.45) is 5.73 Å². The van der Waals surface area contributed by atoms with Crippen molar-refractivity contribution >= 4 is 51.6 Å². The van der Waals surface area contributed by atoms with E-state index in [4.69, 9.17) is 18.0 Å². The van der Waals surface area contributed by atoms with E-state index >= 15 is 0 Å². The highest BCUT2D eigenvalue weighted by atomic mass is 32.2. The van der Waals surface area contributed by atoms with E-state index in [1.165, 1.54) is 22.4 Å². The Kier molecular flexibility index (Phi) is 6.33. The van der Waals surface area contributed by atoms with Crippen molar-refractivity contribution in [1.29, 1.82) is 0 Å². The van der Waals surface area contributed by atoms with Gasteiger partial charge in [-0.15, -0.1) is 11.3 Å². The zero-order valence-corrected chi connectivity index (χ0v) is 17.3. The lowest BCUT2D eigenvalue weighted by molar-refractivity contribution is -0.143. The molecule has 1 aliphatic rings. The van der Waals surface area contributed by atoms with Gasteiger partial charge in [-0.3, -0.25) is 9.69 Å². The molecule has 0 atom stereocenters. The highest BCUT2D eigenvalue weighted by molar-refractivity contribution is 8.26. The number of benzene rings is 1. The Morgan fingerprint density at radius 3 is 2.13 bits per heavy atom. The van der Waals surface area contributed by atoms with Crippen LogP contribution in [0.15, 0.2) is 34.6 Å². The average molecular weight is 482 g/mol. The number of rotatable bonds is 4. The van der Waals surface area contributed by atoms with Gasteiger partial charge in [-0.2, -0.15) is 26.3 Å². The molecule has 12 heteroatoms. The van der Waals surface area contributed by atoms with Crippen molar-refractivity contribution in [3.8, 4) is 11.1 Å². The second-order valence-corrected chi connectivity index (χ2v) is 8.77. The molecule has 1 amide bonds. The Hall–Kier alpha value is -1.89. The minimum absolute atomic E-state index is 0.0829. The molecule has 3 nitrogen and oxygen atoms in total. The van der Waals surface area contributed by atoms with Crippen LogP contribution in [-0.4, -0.2) is 28.2 Å². The Labute approximate surface area is 180 Å². The summed E-state index contributed by atoms with van der Waals surface area (Å²) in [6, 6.07) is 2.85. The summed E-state index contributed by atoms with van der Waals surface area (Å²) in [5, 5.41) is 1.43. The number of hydrogen-bond acceptors (Lipinski definition) is 5. The number of thiocarbonyl (C=S) groups is 1. The fourth-order valence-corrected chi connectivity index (χ4v) is 4.87. The van der Waals surface area contributed by atoms with E-state index in [1.54, 1.807) is 0 Å². The van der Waals surface area contributed by atoms with Gasteiger partial charge < -0.3 is 5.73 Å². The van der Waals surface area contributed by atoms with Gasteiger partial charge in [0.05, 0.1) is 16.0 Å². The lowest BCUT2D eigenvalue weighted by Gasteiger charge is -2.13. The largest absolute Gasteiger partial charge is 0.416 e. The Morgan fingerprint density at radius 1 is 1.00 bits per heavy atom. The molecule has 0 spiro atoms. The van der Waals surface area contributed by atoms with Gasteiger partial charge in [-0.05, 0) is 46.8 Å². The molecule has 2 heterocycles. The maximum atomic E-state index is 13.1. The van der Waals surface area contributed by atoms with Gasteiger partial charge in [-0.1, -0.05) is 24.0 Å². The number of carbonyl (C=O) groups is 1. The normalized spacial score (nSPS) is 16.8. The molecule has 1 fully saturated rings. The quantitative estimate of drug-likeness (QED) is 0.350. The first-order valence-electron chi connectivity index (χ1n) is 8.24. The summed E-state index contributed by atoms with van der Waals surface area (Å²) in [6.45, 7) is 0.474. The Balaban J connectivity index is 1.97. The van der Waals surface area contributed by atoms with Gasteiger partial charge in [0.15, 0.2) is 0 Å². The second-order valence-electron chi connectivity index (χ2n) is 6.15. The van der Waals surface area contributed by atoms with E-state index in [-0.39, 0.29) is 36.2 Å². The number of alkyl halides is 6. The molecule has 2 aromatic rings. The summed E-state index contributed by atoms with van der Waals surface area (Å²) in [5.74, 6) is -0.344. The van der Waals surface area contributed by atoms with Crippen LogP contribution in [-0.2, 0) is 17.1 Å². The van der Waals surface area contributed by atoms with Crippen molar-refractivity contribution in [2.45, 2.75) is 12.4 Å². The Bertz CT molecular complexity index is 993. The first-order chi connectivity index (χ1) is 13.9. The number of hydrogen-bond donors (Lipinski definition) is 1. The first kappa shape index (κ1) is 22.8. The van der Waals surface area contributed by atoms with E-state index in [0.29, 0.717) is 26.2 Å². The molecule has 0 unspecified atom stereocenters. The van der Waals surface area contributed by atoms with Crippen molar-refractivity contribution in [1.82, 2.24) is 4.90 Å². The Morgan fingerprint density at radius 2 is 1.60 bits per heavy atom. The van der Waals surface area contributed by atoms with E-state index in [1.807, 2.05) is 0 Å². The average Bonchev–Trinajstić information content (AvgIpc) is 3.21. The van der Waals surface area contributed by atoms with Gasteiger partial charge in [0.2, 0.25) is 0 Å². The summed E-state index contributed by atoms with van der Waals surface area (Å²) in [6.07, 6.45) is -8.35. The molecule has 3 rings (SSSR count). The minimum Gasteiger partial charge on any atom is -0.329 e. The van der Waals surface area contributed by atoms with Crippen LogP contribution < -0.4 is 5.73 Å². The predicted molar refractivity (Wildman–Crippen MR) is 109 cm³/mol. The van der Waals surface area contributed by atoms with Crippen LogP contribution in [0.25, 0.3) is 17.2 Å². The highest BCUT2D eigenvalue weighted by Crippen LogP contribution is 2.40. The molecular formula is C18H12F6N2OS3. The molecular weight excluding hydrogens is 470 g/mol. The van der Waals surface area contributed by atoms with Crippen LogP contribution in [0.4, 0.5) is 26.3 Å². The SMILES string of the molecule is NCCN1C(=O)/C(=C/c2cc(-c3cc(C(F)(F)F)cc(C(F)(F)F)c3)cs2)SC1=S. The van der Waals surface area contributed by atoms with Crippen LogP contribution >= 0.6 is 35.3 Å². The zero-order valence-electron chi connectivity index (χ0n) is 14.8. The van der Waals surface area contributed by atoms with E-state index in [0.717, 1.165) is 23.1 Å². The summed E-state index contributed by atoms with van der Waals surface area (Å²) >= 11 is 7.26. The number of halogens is 6. The van der Waals surface area contributed by atoms with Crippen LogP contribution in [0, 0.1) is 0 Å².